The zero-order chi connectivity index (χ0) is 23.2. The molecule has 2 aliphatic rings. The highest BCUT2D eigenvalue weighted by Gasteiger charge is 2.51. The second kappa shape index (κ2) is 8.41. The zero-order valence-electron chi connectivity index (χ0n) is 20.7. The molecular weight excluding hydrogens is 391 g/mol. The van der Waals surface area contributed by atoms with Crippen molar-refractivity contribution in [3.05, 3.63) is 29.3 Å². The van der Waals surface area contributed by atoms with Crippen LogP contribution in [0.3, 0.4) is 0 Å². The minimum Gasteiger partial charge on any atom is -0.444 e. The molecule has 2 heterocycles. The number of nitrogens with zero attached hydrogens (tertiary/aromatic N) is 2. The first-order chi connectivity index (χ1) is 14.2. The van der Waals surface area contributed by atoms with E-state index in [-0.39, 0.29) is 30.5 Å². The van der Waals surface area contributed by atoms with Crippen LogP contribution in [-0.4, -0.2) is 65.5 Å². The number of piperazine rings is 1. The number of amides is 1. The number of rotatable bonds is 3. The van der Waals surface area contributed by atoms with Crippen molar-refractivity contribution >= 4 is 18.7 Å². The summed E-state index contributed by atoms with van der Waals surface area (Å²) >= 11 is 0. The lowest BCUT2D eigenvalue weighted by atomic mass is 9.77. The standard InChI is InChI=1S/C24H39BN2O4/c1-17-10-11-20(25-30-23(6,7)24(8,9)31-25)14-19(17)16-26-12-13-27(15-18(26)2)21(28)29-22(3,4)5/h10-11,14,18H,12-13,15-16H2,1-9H3/t18-/m1/s1. The van der Waals surface area contributed by atoms with Crippen LogP contribution in [0.2, 0.25) is 0 Å². The molecule has 0 aliphatic carbocycles. The number of hydrogen-bond donors (Lipinski definition) is 0. The van der Waals surface area contributed by atoms with E-state index in [1.165, 1.54) is 11.1 Å². The summed E-state index contributed by atoms with van der Waals surface area (Å²) in [7, 11) is -0.356. The Morgan fingerprint density at radius 3 is 2.32 bits per heavy atom. The van der Waals surface area contributed by atoms with E-state index in [0.717, 1.165) is 18.6 Å². The molecule has 0 bridgehead atoms. The zero-order valence-corrected chi connectivity index (χ0v) is 20.7. The van der Waals surface area contributed by atoms with Crippen LogP contribution in [0.25, 0.3) is 0 Å². The minimum atomic E-state index is -0.470. The molecular formula is C24H39BN2O4. The average molecular weight is 430 g/mol. The van der Waals surface area contributed by atoms with Crippen LogP contribution in [0.1, 0.15) is 66.5 Å². The van der Waals surface area contributed by atoms with E-state index in [0.29, 0.717) is 13.1 Å². The maximum absolute atomic E-state index is 12.4. The monoisotopic (exact) mass is 430 g/mol. The molecule has 1 amide bonds. The fraction of sp³-hybridized carbons (Fsp3) is 0.708. The highest BCUT2D eigenvalue weighted by atomic mass is 16.7. The predicted octanol–water partition coefficient (Wildman–Crippen LogP) is 3.74. The van der Waals surface area contributed by atoms with Crippen molar-refractivity contribution in [1.29, 1.82) is 0 Å². The molecule has 6 nitrogen and oxygen atoms in total. The molecule has 0 radical (unpaired) electrons. The second-order valence-corrected chi connectivity index (χ2v) is 11.0. The Kier molecular flexibility index (Phi) is 6.54. The van der Waals surface area contributed by atoms with Gasteiger partial charge in [-0.25, -0.2) is 4.79 Å². The predicted molar refractivity (Wildman–Crippen MR) is 125 cm³/mol. The lowest BCUT2D eigenvalue weighted by molar-refractivity contribution is 0.00458. The molecule has 1 aromatic carbocycles. The normalized spacial score (nSPS) is 23.8. The summed E-state index contributed by atoms with van der Waals surface area (Å²) in [6, 6.07) is 6.72. The summed E-state index contributed by atoms with van der Waals surface area (Å²) in [6.07, 6.45) is -0.224. The van der Waals surface area contributed by atoms with Gasteiger partial charge in [0.05, 0.1) is 11.2 Å². The van der Waals surface area contributed by atoms with Gasteiger partial charge in [0.2, 0.25) is 0 Å². The largest absolute Gasteiger partial charge is 0.494 e. The van der Waals surface area contributed by atoms with E-state index in [4.69, 9.17) is 14.0 Å². The van der Waals surface area contributed by atoms with Gasteiger partial charge in [-0.05, 0) is 78.9 Å². The SMILES string of the molecule is Cc1ccc(B2OC(C)(C)C(C)(C)O2)cc1CN1CCN(C(=O)OC(C)(C)C)C[C@H]1C. The smallest absolute Gasteiger partial charge is 0.444 e. The van der Waals surface area contributed by atoms with E-state index in [1.807, 2.05) is 25.7 Å². The fourth-order valence-electron chi connectivity index (χ4n) is 3.93. The van der Waals surface area contributed by atoms with Gasteiger partial charge in [0.1, 0.15) is 5.60 Å². The Bertz CT molecular complexity index is 802. The third kappa shape index (κ3) is 5.44. The third-order valence-electron chi connectivity index (χ3n) is 6.69. The fourth-order valence-corrected chi connectivity index (χ4v) is 3.93. The topological polar surface area (TPSA) is 51.2 Å². The van der Waals surface area contributed by atoms with Crippen LogP contribution in [0, 0.1) is 6.92 Å². The Balaban J connectivity index is 1.67. The Morgan fingerprint density at radius 1 is 1.16 bits per heavy atom. The molecule has 7 heteroatoms. The van der Waals surface area contributed by atoms with Gasteiger partial charge >= 0.3 is 13.2 Å². The van der Waals surface area contributed by atoms with E-state index >= 15 is 0 Å². The number of hydrogen-bond acceptors (Lipinski definition) is 5. The lowest BCUT2D eigenvalue weighted by Gasteiger charge is -2.40. The minimum absolute atomic E-state index is 0.224. The molecule has 2 saturated heterocycles. The van der Waals surface area contributed by atoms with Gasteiger partial charge in [0.15, 0.2) is 0 Å². The molecule has 0 aromatic heterocycles. The molecule has 1 aromatic rings. The molecule has 0 spiro atoms. The molecule has 0 N–H and O–H groups in total. The van der Waals surface area contributed by atoms with Gasteiger partial charge in [0, 0.05) is 32.2 Å². The summed E-state index contributed by atoms with van der Waals surface area (Å²) in [6.45, 7) is 21.3. The maximum Gasteiger partial charge on any atom is 0.494 e. The molecule has 2 fully saturated rings. The summed E-state index contributed by atoms with van der Waals surface area (Å²) in [5.74, 6) is 0. The van der Waals surface area contributed by atoms with Crippen molar-refractivity contribution in [3.8, 4) is 0 Å². The van der Waals surface area contributed by atoms with Crippen molar-refractivity contribution in [3.63, 3.8) is 0 Å². The Hall–Kier alpha value is -1.57. The highest BCUT2D eigenvalue weighted by molar-refractivity contribution is 6.62. The number of aryl methyl sites for hydroxylation is 1. The summed E-state index contributed by atoms with van der Waals surface area (Å²) in [5, 5.41) is 0. The van der Waals surface area contributed by atoms with E-state index in [9.17, 15) is 4.79 Å². The molecule has 1 atom stereocenters. The van der Waals surface area contributed by atoms with Gasteiger partial charge in [-0.3, -0.25) is 4.90 Å². The molecule has 31 heavy (non-hydrogen) atoms. The van der Waals surface area contributed by atoms with Gasteiger partial charge in [-0.1, -0.05) is 18.2 Å². The summed E-state index contributed by atoms with van der Waals surface area (Å²) in [5.41, 5.74) is 2.40. The maximum atomic E-state index is 12.4. The highest BCUT2D eigenvalue weighted by Crippen LogP contribution is 2.36. The quantitative estimate of drug-likeness (QED) is 0.684. The van der Waals surface area contributed by atoms with Crippen molar-refractivity contribution in [2.75, 3.05) is 19.6 Å². The third-order valence-corrected chi connectivity index (χ3v) is 6.69. The van der Waals surface area contributed by atoms with Gasteiger partial charge < -0.3 is 18.9 Å². The molecule has 2 aliphatic heterocycles. The van der Waals surface area contributed by atoms with Crippen LogP contribution in [0.15, 0.2) is 18.2 Å². The van der Waals surface area contributed by atoms with Crippen LogP contribution in [0.5, 0.6) is 0 Å². The second-order valence-electron chi connectivity index (χ2n) is 11.0. The van der Waals surface area contributed by atoms with E-state index in [1.54, 1.807) is 0 Å². The van der Waals surface area contributed by atoms with Gasteiger partial charge in [0.25, 0.3) is 0 Å². The molecule has 0 saturated carbocycles. The number of carbonyl (C=O) groups is 1. The van der Waals surface area contributed by atoms with Crippen molar-refractivity contribution in [1.82, 2.24) is 9.80 Å². The van der Waals surface area contributed by atoms with Crippen molar-refractivity contribution < 1.29 is 18.8 Å². The van der Waals surface area contributed by atoms with Crippen LogP contribution in [-0.2, 0) is 20.6 Å². The number of ether oxygens (including phenoxy) is 1. The van der Waals surface area contributed by atoms with Crippen LogP contribution >= 0.6 is 0 Å². The summed E-state index contributed by atoms with van der Waals surface area (Å²) in [4.78, 5) is 16.7. The lowest BCUT2D eigenvalue weighted by Crippen LogP contribution is -2.54. The van der Waals surface area contributed by atoms with Crippen molar-refractivity contribution in [2.24, 2.45) is 0 Å². The first-order valence-corrected chi connectivity index (χ1v) is 11.4. The first-order valence-electron chi connectivity index (χ1n) is 11.4. The molecule has 172 valence electrons. The average Bonchev–Trinajstić information content (AvgIpc) is 2.84. The van der Waals surface area contributed by atoms with Crippen LogP contribution in [0.4, 0.5) is 4.79 Å². The first kappa shape index (κ1) is 24.1. The van der Waals surface area contributed by atoms with E-state index in [2.05, 4.69) is 64.6 Å². The number of carbonyl (C=O) groups excluding carboxylic acids is 1. The number of benzene rings is 1. The van der Waals surface area contributed by atoms with Crippen LogP contribution < -0.4 is 5.46 Å². The van der Waals surface area contributed by atoms with Crippen molar-refractivity contribution in [2.45, 2.75) is 91.7 Å². The molecule has 0 unspecified atom stereocenters. The van der Waals surface area contributed by atoms with Gasteiger partial charge in [-0.15, -0.1) is 0 Å². The Labute approximate surface area is 188 Å². The van der Waals surface area contributed by atoms with Gasteiger partial charge in [-0.2, -0.15) is 0 Å². The summed E-state index contributed by atoms with van der Waals surface area (Å²) < 4.78 is 18.0. The molecule has 3 rings (SSSR count). The van der Waals surface area contributed by atoms with E-state index < -0.39 is 5.60 Å². The Morgan fingerprint density at radius 2 is 1.77 bits per heavy atom.